The molecule has 3 aromatic rings. The van der Waals surface area contributed by atoms with Crippen LogP contribution in [-0.2, 0) is 0 Å². The Kier molecular flexibility index (Phi) is 2.41. The molecule has 3 aromatic carbocycles. The van der Waals surface area contributed by atoms with Crippen molar-refractivity contribution in [2.24, 2.45) is 0 Å². The fraction of sp³-hybridized carbons (Fsp3) is 0.118. The summed E-state index contributed by atoms with van der Waals surface area (Å²) in [4.78, 5) is 12.7. The van der Waals surface area contributed by atoms with E-state index in [4.69, 9.17) is 0 Å². The van der Waals surface area contributed by atoms with Gasteiger partial charge >= 0.3 is 0 Å². The lowest BCUT2D eigenvalue weighted by Crippen LogP contribution is -2.01. The zero-order valence-corrected chi connectivity index (χ0v) is 10.5. The van der Waals surface area contributed by atoms with Crippen molar-refractivity contribution >= 4 is 21.5 Å². The average molecular weight is 234 g/mol. The number of rotatable bonds is 0. The van der Waals surface area contributed by atoms with E-state index in [1.165, 1.54) is 0 Å². The van der Waals surface area contributed by atoms with Crippen LogP contribution in [0.5, 0.6) is 0 Å². The minimum absolute atomic E-state index is 0.140. The van der Waals surface area contributed by atoms with Crippen LogP contribution in [0.15, 0.2) is 53.3 Å². The monoisotopic (exact) mass is 234 g/mol. The first-order valence-corrected chi connectivity index (χ1v) is 6.10. The van der Waals surface area contributed by atoms with Crippen LogP contribution in [-0.4, -0.2) is 0 Å². The Labute approximate surface area is 106 Å². The van der Waals surface area contributed by atoms with E-state index in [1.807, 2.05) is 62.4 Å². The predicted octanol–water partition coefficient (Wildman–Crippen LogP) is 3.97. The summed E-state index contributed by atoms with van der Waals surface area (Å²) in [5.74, 6) is 0. The van der Waals surface area contributed by atoms with Gasteiger partial charge in [-0.15, -0.1) is 0 Å². The lowest BCUT2D eigenvalue weighted by molar-refractivity contribution is 1.50. The molecule has 0 aliphatic rings. The van der Waals surface area contributed by atoms with E-state index in [9.17, 15) is 4.79 Å². The molecule has 0 saturated carbocycles. The summed E-state index contributed by atoms with van der Waals surface area (Å²) in [6, 6.07) is 16.0. The fourth-order valence-electron chi connectivity index (χ4n) is 2.58. The van der Waals surface area contributed by atoms with Crippen LogP contribution < -0.4 is 5.43 Å². The van der Waals surface area contributed by atoms with Crippen molar-refractivity contribution in [2.75, 3.05) is 0 Å². The molecule has 0 heterocycles. The van der Waals surface area contributed by atoms with Gasteiger partial charge in [-0.1, -0.05) is 48.5 Å². The Hall–Kier alpha value is -2.15. The standard InChI is InChI=1S/C17H14O/c1-11-5-3-7-13-9-10-14-8-4-6-12(2)16(14)17(18)15(11)13/h3-10H,1-2H3. The van der Waals surface area contributed by atoms with Gasteiger partial charge in [0.1, 0.15) is 0 Å². The fourth-order valence-corrected chi connectivity index (χ4v) is 2.58. The molecule has 88 valence electrons. The van der Waals surface area contributed by atoms with Crippen LogP contribution in [0.2, 0.25) is 0 Å². The molecule has 0 spiro atoms. The minimum Gasteiger partial charge on any atom is -0.289 e. The second-order valence-electron chi connectivity index (χ2n) is 4.74. The molecule has 0 radical (unpaired) electrons. The van der Waals surface area contributed by atoms with Gasteiger partial charge in [0.25, 0.3) is 0 Å². The molecule has 0 atom stereocenters. The predicted molar refractivity (Wildman–Crippen MR) is 77.2 cm³/mol. The molecular weight excluding hydrogens is 220 g/mol. The molecular formula is C17H14O. The van der Waals surface area contributed by atoms with Crippen LogP contribution in [0.25, 0.3) is 21.5 Å². The molecule has 3 rings (SSSR count). The largest absolute Gasteiger partial charge is 0.289 e. The van der Waals surface area contributed by atoms with Crippen molar-refractivity contribution in [3.8, 4) is 0 Å². The van der Waals surface area contributed by atoms with Gasteiger partial charge < -0.3 is 0 Å². The van der Waals surface area contributed by atoms with Crippen molar-refractivity contribution in [2.45, 2.75) is 13.8 Å². The van der Waals surface area contributed by atoms with Crippen molar-refractivity contribution in [3.05, 3.63) is 69.9 Å². The maximum Gasteiger partial charge on any atom is 0.194 e. The summed E-state index contributed by atoms with van der Waals surface area (Å²) in [6.07, 6.45) is 0. The number of fused-ring (bicyclic) bond motifs is 2. The molecule has 0 unspecified atom stereocenters. The van der Waals surface area contributed by atoms with E-state index in [-0.39, 0.29) is 5.43 Å². The second-order valence-corrected chi connectivity index (χ2v) is 4.74. The molecule has 0 N–H and O–H groups in total. The molecule has 0 bridgehead atoms. The van der Waals surface area contributed by atoms with Gasteiger partial charge in [-0.25, -0.2) is 0 Å². The van der Waals surface area contributed by atoms with Crippen molar-refractivity contribution in [1.29, 1.82) is 0 Å². The van der Waals surface area contributed by atoms with Crippen molar-refractivity contribution in [1.82, 2.24) is 0 Å². The van der Waals surface area contributed by atoms with E-state index in [1.54, 1.807) is 0 Å². The van der Waals surface area contributed by atoms with Crippen molar-refractivity contribution in [3.63, 3.8) is 0 Å². The lowest BCUT2D eigenvalue weighted by Gasteiger charge is -1.98. The quantitative estimate of drug-likeness (QED) is 0.575. The Morgan fingerprint density at radius 2 is 1.11 bits per heavy atom. The zero-order valence-electron chi connectivity index (χ0n) is 10.5. The van der Waals surface area contributed by atoms with Gasteiger partial charge in [-0.05, 0) is 35.7 Å². The van der Waals surface area contributed by atoms with Crippen LogP contribution in [0.1, 0.15) is 11.1 Å². The molecule has 0 aliphatic heterocycles. The summed E-state index contributed by atoms with van der Waals surface area (Å²) in [6.45, 7) is 3.99. The highest BCUT2D eigenvalue weighted by Gasteiger charge is 2.06. The zero-order chi connectivity index (χ0) is 12.7. The number of benzene rings is 2. The average Bonchev–Trinajstić information content (AvgIpc) is 2.49. The van der Waals surface area contributed by atoms with Crippen molar-refractivity contribution < 1.29 is 0 Å². The highest BCUT2D eigenvalue weighted by molar-refractivity contribution is 5.96. The summed E-state index contributed by atoms with van der Waals surface area (Å²) in [7, 11) is 0. The van der Waals surface area contributed by atoms with Gasteiger partial charge in [0.05, 0.1) is 0 Å². The van der Waals surface area contributed by atoms with E-state index in [0.29, 0.717) is 0 Å². The Bertz CT molecular complexity index is 749. The summed E-state index contributed by atoms with van der Waals surface area (Å²) >= 11 is 0. The van der Waals surface area contributed by atoms with Gasteiger partial charge in [-0.3, -0.25) is 4.79 Å². The van der Waals surface area contributed by atoms with Crippen LogP contribution in [0.4, 0.5) is 0 Å². The second kappa shape index (κ2) is 3.95. The van der Waals surface area contributed by atoms with E-state index >= 15 is 0 Å². The maximum atomic E-state index is 12.7. The molecule has 0 aromatic heterocycles. The molecule has 0 amide bonds. The summed E-state index contributed by atoms with van der Waals surface area (Å²) in [5.41, 5.74) is 2.22. The van der Waals surface area contributed by atoms with E-state index in [0.717, 1.165) is 32.7 Å². The van der Waals surface area contributed by atoms with Crippen LogP contribution in [0.3, 0.4) is 0 Å². The van der Waals surface area contributed by atoms with E-state index in [2.05, 4.69) is 0 Å². The Morgan fingerprint density at radius 1 is 0.667 bits per heavy atom. The van der Waals surface area contributed by atoms with Gasteiger partial charge in [0.2, 0.25) is 0 Å². The third-order valence-electron chi connectivity index (χ3n) is 3.51. The third kappa shape index (κ3) is 1.52. The highest BCUT2D eigenvalue weighted by Crippen LogP contribution is 2.19. The summed E-state index contributed by atoms with van der Waals surface area (Å²) < 4.78 is 0. The number of hydrogen-bond donors (Lipinski definition) is 0. The van der Waals surface area contributed by atoms with Crippen LogP contribution in [0, 0.1) is 13.8 Å². The molecule has 18 heavy (non-hydrogen) atoms. The summed E-state index contributed by atoms with van der Waals surface area (Å²) in [5, 5.41) is 3.69. The minimum atomic E-state index is 0.140. The normalized spacial score (nSPS) is 11.0. The first-order valence-electron chi connectivity index (χ1n) is 6.10. The van der Waals surface area contributed by atoms with E-state index < -0.39 is 0 Å². The Morgan fingerprint density at radius 3 is 1.56 bits per heavy atom. The smallest absolute Gasteiger partial charge is 0.194 e. The first kappa shape index (κ1) is 11.0. The lowest BCUT2D eigenvalue weighted by atomic mass is 10.0. The van der Waals surface area contributed by atoms with Gasteiger partial charge in [0, 0.05) is 10.8 Å². The molecule has 0 saturated heterocycles. The molecule has 0 aliphatic carbocycles. The SMILES string of the molecule is Cc1cccc2ccc3cccc(C)c3c(=O)c12. The maximum absolute atomic E-state index is 12.7. The highest BCUT2D eigenvalue weighted by atomic mass is 16.1. The number of aryl methyl sites for hydroxylation is 2. The molecule has 1 heteroatoms. The third-order valence-corrected chi connectivity index (χ3v) is 3.51. The Balaban J connectivity index is 2.73. The van der Waals surface area contributed by atoms with Gasteiger partial charge in [-0.2, -0.15) is 0 Å². The van der Waals surface area contributed by atoms with Crippen LogP contribution >= 0.6 is 0 Å². The topological polar surface area (TPSA) is 17.1 Å². The first-order chi connectivity index (χ1) is 8.68. The molecule has 1 nitrogen and oxygen atoms in total. The molecule has 0 fully saturated rings. The van der Waals surface area contributed by atoms with Gasteiger partial charge in [0.15, 0.2) is 5.43 Å². The number of hydrogen-bond acceptors (Lipinski definition) is 1.